The van der Waals surface area contributed by atoms with E-state index in [9.17, 15) is 9.59 Å². The fraction of sp³-hybridized carbons (Fsp3) is 0.467. The molecule has 0 N–H and O–H groups in total. The molecule has 20 heavy (non-hydrogen) atoms. The molecular formula is C15H20N2O3. The van der Waals surface area contributed by atoms with Crippen molar-refractivity contribution in [3.63, 3.8) is 0 Å². The van der Waals surface area contributed by atoms with Crippen molar-refractivity contribution in [1.29, 1.82) is 0 Å². The number of urea groups is 1. The van der Waals surface area contributed by atoms with E-state index in [4.69, 9.17) is 4.74 Å². The van der Waals surface area contributed by atoms with Crippen LogP contribution in [0.15, 0.2) is 24.3 Å². The summed E-state index contributed by atoms with van der Waals surface area (Å²) in [6.07, 6.45) is 0.320. The molecule has 1 aliphatic heterocycles. The Kier molecular flexibility index (Phi) is 3.70. The van der Waals surface area contributed by atoms with Crippen LogP contribution in [0.3, 0.4) is 0 Å². The minimum Gasteiger partial charge on any atom is -0.495 e. The molecule has 1 aromatic rings. The topological polar surface area (TPSA) is 49.9 Å². The molecule has 1 fully saturated rings. The van der Waals surface area contributed by atoms with Gasteiger partial charge in [0.1, 0.15) is 5.75 Å². The fourth-order valence-electron chi connectivity index (χ4n) is 2.32. The molecule has 1 saturated heterocycles. The van der Waals surface area contributed by atoms with Gasteiger partial charge < -0.3 is 9.64 Å². The monoisotopic (exact) mass is 276 g/mol. The van der Waals surface area contributed by atoms with Crippen LogP contribution in [-0.2, 0) is 4.79 Å². The highest BCUT2D eigenvalue weighted by Crippen LogP contribution is 2.32. The van der Waals surface area contributed by atoms with Gasteiger partial charge in [0.2, 0.25) is 5.91 Å². The lowest BCUT2D eigenvalue weighted by atomic mass is 10.0. The second-order valence-electron chi connectivity index (χ2n) is 5.76. The van der Waals surface area contributed by atoms with Crippen LogP contribution >= 0.6 is 0 Å². The molecule has 0 radical (unpaired) electrons. The molecule has 0 aromatic heterocycles. The Labute approximate surface area is 119 Å². The maximum absolute atomic E-state index is 12.6. The van der Waals surface area contributed by atoms with Gasteiger partial charge in [-0.25, -0.2) is 9.69 Å². The number of imide groups is 1. The molecule has 0 spiro atoms. The van der Waals surface area contributed by atoms with Crippen molar-refractivity contribution in [2.45, 2.75) is 32.7 Å². The summed E-state index contributed by atoms with van der Waals surface area (Å²) in [7, 11) is 1.53. The highest BCUT2D eigenvalue weighted by Gasteiger charge is 2.39. The SMILES string of the molecule is COc1ccccc1N1C(=O)CCN(C(C)(C)C)C1=O. The van der Waals surface area contributed by atoms with E-state index in [2.05, 4.69) is 0 Å². The van der Waals surface area contributed by atoms with E-state index in [1.807, 2.05) is 26.8 Å². The summed E-state index contributed by atoms with van der Waals surface area (Å²) in [5.41, 5.74) is 0.178. The van der Waals surface area contributed by atoms with Gasteiger partial charge in [-0.1, -0.05) is 12.1 Å². The van der Waals surface area contributed by atoms with Crippen LogP contribution in [0.25, 0.3) is 0 Å². The van der Waals surface area contributed by atoms with Crippen LogP contribution in [0.4, 0.5) is 10.5 Å². The van der Waals surface area contributed by atoms with E-state index < -0.39 is 0 Å². The number of carbonyl (C=O) groups excluding carboxylic acids is 2. The van der Waals surface area contributed by atoms with Crippen molar-refractivity contribution in [3.05, 3.63) is 24.3 Å². The third kappa shape index (κ3) is 2.48. The van der Waals surface area contributed by atoms with Crippen LogP contribution in [0, 0.1) is 0 Å². The van der Waals surface area contributed by atoms with Crippen molar-refractivity contribution in [2.24, 2.45) is 0 Å². The molecule has 0 unspecified atom stereocenters. The molecule has 0 bridgehead atoms. The number of hydrogen-bond donors (Lipinski definition) is 0. The summed E-state index contributed by atoms with van der Waals surface area (Å²) in [5.74, 6) is 0.324. The number of amides is 3. The molecular weight excluding hydrogens is 256 g/mol. The molecule has 1 aliphatic rings. The highest BCUT2D eigenvalue weighted by molar-refractivity contribution is 6.16. The molecule has 2 rings (SSSR count). The number of methoxy groups -OCH3 is 1. The maximum atomic E-state index is 12.6. The normalized spacial score (nSPS) is 16.6. The van der Waals surface area contributed by atoms with Crippen molar-refractivity contribution >= 4 is 17.6 Å². The van der Waals surface area contributed by atoms with E-state index >= 15 is 0 Å². The number of rotatable bonds is 2. The first kappa shape index (κ1) is 14.4. The molecule has 3 amide bonds. The Bertz CT molecular complexity index is 534. The minimum absolute atomic E-state index is 0.194. The van der Waals surface area contributed by atoms with E-state index in [1.54, 1.807) is 23.1 Å². The zero-order valence-corrected chi connectivity index (χ0v) is 12.3. The van der Waals surface area contributed by atoms with Gasteiger partial charge in [-0.15, -0.1) is 0 Å². The Morgan fingerprint density at radius 3 is 2.40 bits per heavy atom. The van der Waals surface area contributed by atoms with Gasteiger partial charge in [-0.2, -0.15) is 0 Å². The van der Waals surface area contributed by atoms with E-state index in [0.29, 0.717) is 24.4 Å². The zero-order valence-electron chi connectivity index (χ0n) is 12.3. The van der Waals surface area contributed by atoms with Crippen molar-refractivity contribution in [3.8, 4) is 5.75 Å². The molecule has 1 heterocycles. The summed E-state index contributed by atoms with van der Waals surface area (Å²) in [6, 6.07) is 6.77. The molecule has 1 aromatic carbocycles. The van der Waals surface area contributed by atoms with E-state index in [1.165, 1.54) is 12.0 Å². The largest absolute Gasteiger partial charge is 0.495 e. The van der Waals surface area contributed by atoms with E-state index in [0.717, 1.165) is 0 Å². The van der Waals surface area contributed by atoms with Gasteiger partial charge >= 0.3 is 6.03 Å². The molecule has 5 heteroatoms. The first-order valence-electron chi connectivity index (χ1n) is 6.64. The van der Waals surface area contributed by atoms with Crippen LogP contribution in [0.5, 0.6) is 5.75 Å². The van der Waals surface area contributed by atoms with Crippen molar-refractivity contribution in [1.82, 2.24) is 4.90 Å². The van der Waals surface area contributed by atoms with Crippen LogP contribution < -0.4 is 9.64 Å². The summed E-state index contributed by atoms with van der Waals surface area (Å²) in [4.78, 5) is 27.7. The van der Waals surface area contributed by atoms with Crippen molar-refractivity contribution < 1.29 is 14.3 Å². The standard InChI is InChI=1S/C15H20N2O3/c1-15(2,3)16-10-9-13(18)17(14(16)19)11-7-5-6-8-12(11)20-4/h5-8H,9-10H2,1-4H3. The van der Waals surface area contributed by atoms with Gasteiger partial charge in [0, 0.05) is 18.5 Å². The average Bonchev–Trinajstić information content (AvgIpc) is 2.37. The quantitative estimate of drug-likeness (QED) is 0.834. The summed E-state index contributed by atoms with van der Waals surface area (Å²) >= 11 is 0. The Morgan fingerprint density at radius 2 is 1.80 bits per heavy atom. The summed E-state index contributed by atoms with van der Waals surface area (Å²) in [5, 5.41) is 0. The molecule has 5 nitrogen and oxygen atoms in total. The Hall–Kier alpha value is -2.04. The van der Waals surface area contributed by atoms with Crippen LogP contribution in [0.1, 0.15) is 27.2 Å². The fourth-order valence-corrected chi connectivity index (χ4v) is 2.32. The van der Waals surface area contributed by atoms with Crippen LogP contribution in [0.2, 0.25) is 0 Å². The summed E-state index contributed by atoms with van der Waals surface area (Å²) < 4.78 is 5.25. The molecule has 0 atom stereocenters. The number of ether oxygens (including phenoxy) is 1. The first-order chi connectivity index (χ1) is 9.36. The lowest BCUT2D eigenvalue weighted by Crippen LogP contribution is -2.58. The number of para-hydroxylation sites is 2. The second-order valence-corrected chi connectivity index (χ2v) is 5.76. The first-order valence-corrected chi connectivity index (χ1v) is 6.64. The Morgan fingerprint density at radius 1 is 1.15 bits per heavy atom. The van der Waals surface area contributed by atoms with Crippen LogP contribution in [-0.4, -0.2) is 36.0 Å². The zero-order chi connectivity index (χ0) is 14.9. The minimum atomic E-state index is -0.321. The second kappa shape index (κ2) is 5.15. The maximum Gasteiger partial charge on any atom is 0.331 e. The third-order valence-electron chi connectivity index (χ3n) is 3.36. The predicted molar refractivity (Wildman–Crippen MR) is 77.0 cm³/mol. The van der Waals surface area contributed by atoms with E-state index in [-0.39, 0.29) is 17.5 Å². The summed E-state index contributed by atoms with van der Waals surface area (Å²) in [6.45, 7) is 6.33. The van der Waals surface area contributed by atoms with Gasteiger partial charge in [0.05, 0.1) is 12.8 Å². The Balaban J connectivity index is 2.43. The number of benzene rings is 1. The lowest BCUT2D eigenvalue weighted by Gasteiger charge is -2.42. The van der Waals surface area contributed by atoms with Gasteiger partial charge in [-0.05, 0) is 32.9 Å². The highest BCUT2D eigenvalue weighted by atomic mass is 16.5. The third-order valence-corrected chi connectivity index (χ3v) is 3.36. The molecule has 0 aliphatic carbocycles. The molecule has 108 valence electrons. The van der Waals surface area contributed by atoms with Gasteiger partial charge in [-0.3, -0.25) is 4.79 Å². The predicted octanol–water partition coefficient (Wildman–Crippen LogP) is 2.65. The number of carbonyl (C=O) groups is 2. The smallest absolute Gasteiger partial charge is 0.331 e. The lowest BCUT2D eigenvalue weighted by molar-refractivity contribution is -0.119. The molecule has 0 saturated carbocycles. The van der Waals surface area contributed by atoms with Gasteiger partial charge in [0.15, 0.2) is 0 Å². The van der Waals surface area contributed by atoms with Gasteiger partial charge in [0.25, 0.3) is 0 Å². The number of nitrogens with zero attached hydrogens (tertiary/aromatic N) is 2. The average molecular weight is 276 g/mol. The number of anilines is 1. The van der Waals surface area contributed by atoms with Crippen molar-refractivity contribution in [2.75, 3.05) is 18.6 Å². The number of hydrogen-bond acceptors (Lipinski definition) is 3.